The molecule has 5 aromatic heterocycles. The summed E-state index contributed by atoms with van der Waals surface area (Å²) in [5, 5.41) is 8.34. The Labute approximate surface area is 176 Å². The summed E-state index contributed by atoms with van der Waals surface area (Å²) in [6.45, 7) is 0. The smallest absolute Gasteiger partial charge is 0.159 e. The lowest BCUT2D eigenvalue weighted by Gasteiger charge is -2.02. The second kappa shape index (κ2) is 6.74. The topological polar surface area (TPSA) is 122 Å². The number of aromatic nitrogens is 7. The maximum atomic E-state index is 5.89. The van der Waals surface area contributed by atoms with Crippen LogP contribution in [0, 0.1) is 0 Å². The number of imidazole rings is 1. The molecule has 4 N–H and O–H groups in total. The molecule has 0 aliphatic carbocycles. The highest BCUT2D eigenvalue weighted by molar-refractivity contribution is 5.97. The number of hydrogen-bond donors (Lipinski definition) is 3. The fraction of sp³-hybridized carbons (Fsp3) is 0. The van der Waals surface area contributed by atoms with Crippen LogP contribution in [-0.4, -0.2) is 35.1 Å². The van der Waals surface area contributed by atoms with Crippen molar-refractivity contribution >= 4 is 27.8 Å². The van der Waals surface area contributed by atoms with Crippen LogP contribution < -0.4 is 5.73 Å². The van der Waals surface area contributed by atoms with Crippen LogP contribution in [0.15, 0.2) is 73.4 Å². The number of nitrogens with zero attached hydrogens (tertiary/aromatic N) is 5. The minimum Gasteiger partial charge on any atom is -0.397 e. The van der Waals surface area contributed by atoms with E-state index in [-0.39, 0.29) is 0 Å². The fourth-order valence-electron chi connectivity index (χ4n) is 3.76. The lowest BCUT2D eigenvalue weighted by Crippen LogP contribution is -1.89. The molecule has 148 valence electrons. The predicted octanol–water partition coefficient (Wildman–Crippen LogP) is 4.21. The quantitative estimate of drug-likeness (QED) is 0.406. The van der Waals surface area contributed by atoms with Gasteiger partial charge in [0.05, 0.1) is 22.1 Å². The van der Waals surface area contributed by atoms with Gasteiger partial charge in [0.25, 0.3) is 0 Å². The first-order valence-electron chi connectivity index (χ1n) is 9.71. The molecule has 0 radical (unpaired) electrons. The van der Waals surface area contributed by atoms with Gasteiger partial charge in [-0.25, -0.2) is 9.97 Å². The van der Waals surface area contributed by atoms with E-state index < -0.39 is 0 Å². The maximum Gasteiger partial charge on any atom is 0.159 e. The third-order valence-electron chi connectivity index (χ3n) is 5.22. The van der Waals surface area contributed by atoms with Crippen LogP contribution in [0.2, 0.25) is 0 Å². The number of nitrogen functional groups attached to an aromatic ring is 1. The number of para-hydroxylation sites is 1. The molecule has 0 aliphatic heterocycles. The summed E-state index contributed by atoms with van der Waals surface area (Å²) in [4.78, 5) is 21.2. The van der Waals surface area contributed by atoms with Crippen LogP contribution in [0.5, 0.6) is 0 Å². The van der Waals surface area contributed by atoms with Gasteiger partial charge >= 0.3 is 0 Å². The van der Waals surface area contributed by atoms with Crippen LogP contribution in [0.25, 0.3) is 55.8 Å². The van der Waals surface area contributed by atoms with E-state index in [2.05, 4.69) is 30.1 Å². The molecule has 0 aliphatic rings. The standard InChI is InChI=1S/C23H16N8/c24-16-7-14(10-26-12-16)15-8-18-21(30-31-22(18)27-11-15)23-28-19-5-1-4-17(20(19)29-23)13-3-2-6-25-9-13/h1-12H,24H2,(H,28,29)(H,27,30,31). The molecule has 6 rings (SSSR count). The van der Waals surface area contributed by atoms with Gasteiger partial charge in [-0.3, -0.25) is 15.1 Å². The number of hydrogen-bond acceptors (Lipinski definition) is 6. The van der Waals surface area contributed by atoms with Crippen molar-refractivity contribution < 1.29 is 0 Å². The Balaban J connectivity index is 1.51. The molecule has 8 heteroatoms. The summed E-state index contributed by atoms with van der Waals surface area (Å²) < 4.78 is 0. The van der Waals surface area contributed by atoms with Crippen LogP contribution in [0.4, 0.5) is 5.69 Å². The largest absolute Gasteiger partial charge is 0.397 e. The Morgan fingerprint density at radius 1 is 0.839 bits per heavy atom. The summed E-state index contributed by atoms with van der Waals surface area (Å²) in [7, 11) is 0. The molecule has 0 atom stereocenters. The van der Waals surface area contributed by atoms with Gasteiger partial charge < -0.3 is 10.7 Å². The van der Waals surface area contributed by atoms with Gasteiger partial charge in [0.1, 0.15) is 5.69 Å². The summed E-state index contributed by atoms with van der Waals surface area (Å²) in [5.74, 6) is 0.669. The van der Waals surface area contributed by atoms with Crippen molar-refractivity contribution in [2.24, 2.45) is 0 Å². The number of rotatable bonds is 3. The van der Waals surface area contributed by atoms with E-state index in [0.717, 1.165) is 38.7 Å². The fourth-order valence-corrected chi connectivity index (χ4v) is 3.76. The van der Waals surface area contributed by atoms with Gasteiger partial charge in [-0.2, -0.15) is 5.10 Å². The molecule has 0 fully saturated rings. The average molecular weight is 404 g/mol. The molecule has 31 heavy (non-hydrogen) atoms. The molecule has 1 aromatic carbocycles. The predicted molar refractivity (Wildman–Crippen MR) is 120 cm³/mol. The number of H-pyrrole nitrogens is 2. The van der Waals surface area contributed by atoms with Crippen molar-refractivity contribution in [3.05, 3.63) is 73.4 Å². The maximum absolute atomic E-state index is 5.89. The Kier molecular flexibility index (Phi) is 3.76. The van der Waals surface area contributed by atoms with Gasteiger partial charge in [-0.05, 0) is 24.3 Å². The number of aromatic amines is 2. The van der Waals surface area contributed by atoms with Gasteiger partial charge in [-0.1, -0.05) is 18.2 Å². The number of anilines is 1. The van der Waals surface area contributed by atoms with E-state index in [4.69, 9.17) is 10.7 Å². The third kappa shape index (κ3) is 2.89. The minimum absolute atomic E-state index is 0.602. The number of benzene rings is 1. The molecule has 0 spiro atoms. The van der Waals surface area contributed by atoms with Crippen LogP contribution in [0.3, 0.4) is 0 Å². The Bertz CT molecular complexity index is 1550. The number of fused-ring (bicyclic) bond motifs is 2. The molecular formula is C23H16N8. The summed E-state index contributed by atoms with van der Waals surface area (Å²) in [5.41, 5.74) is 13.5. The first-order valence-corrected chi connectivity index (χ1v) is 9.71. The van der Waals surface area contributed by atoms with Crippen molar-refractivity contribution in [1.82, 2.24) is 35.1 Å². The second-order valence-electron chi connectivity index (χ2n) is 7.23. The molecule has 8 nitrogen and oxygen atoms in total. The van der Waals surface area contributed by atoms with Gasteiger partial charge in [0.15, 0.2) is 11.5 Å². The molecular weight excluding hydrogens is 388 g/mol. The molecule has 0 saturated carbocycles. The Morgan fingerprint density at radius 3 is 2.61 bits per heavy atom. The first kappa shape index (κ1) is 17.3. The minimum atomic E-state index is 0.602. The van der Waals surface area contributed by atoms with Crippen molar-refractivity contribution in [3.63, 3.8) is 0 Å². The van der Waals surface area contributed by atoms with Crippen molar-refractivity contribution in [2.45, 2.75) is 0 Å². The molecule has 0 unspecified atom stereocenters. The SMILES string of the molecule is Nc1cncc(-c2cnc3[nH]nc(-c4nc5c(-c6cccnc6)cccc5[nH]4)c3c2)c1. The van der Waals surface area contributed by atoms with Gasteiger partial charge in [0.2, 0.25) is 0 Å². The Morgan fingerprint density at radius 2 is 1.74 bits per heavy atom. The molecule has 0 bridgehead atoms. The van der Waals surface area contributed by atoms with E-state index in [1.165, 1.54) is 0 Å². The van der Waals surface area contributed by atoms with E-state index in [0.29, 0.717) is 22.9 Å². The van der Waals surface area contributed by atoms with Crippen LogP contribution in [-0.2, 0) is 0 Å². The summed E-state index contributed by atoms with van der Waals surface area (Å²) >= 11 is 0. The highest BCUT2D eigenvalue weighted by Crippen LogP contribution is 2.32. The van der Waals surface area contributed by atoms with E-state index in [1.807, 2.05) is 48.7 Å². The van der Waals surface area contributed by atoms with Gasteiger partial charge in [0, 0.05) is 53.2 Å². The number of nitrogens with two attached hydrogens (primary N) is 1. The van der Waals surface area contributed by atoms with Crippen molar-refractivity contribution in [3.8, 4) is 33.8 Å². The second-order valence-corrected chi connectivity index (χ2v) is 7.23. The zero-order chi connectivity index (χ0) is 20.8. The van der Waals surface area contributed by atoms with Crippen molar-refractivity contribution in [1.29, 1.82) is 0 Å². The van der Waals surface area contributed by atoms with E-state index in [1.54, 1.807) is 24.8 Å². The first-order chi connectivity index (χ1) is 15.3. The molecule has 0 amide bonds. The normalized spacial score (nSPS) is 11.4. The average Bonchev–Trinajstić information content (AvgIpc) is 3.43. The van der Waals surface area contributed by atoms with E-state index >= 15 is 0 Å². The highest BCUT2D eigenvalue weighted by Gasteiger charge is 2.16. The summed E-state index contributed by atoms with van der Waals surface area (Å²) in [6, 6.07) is 13.9. The Hall–Kier alpha value is -4.59. The monoisotopic (exact) mass is 404 g/mol. The highest BCUT2D eigenvalue weighted by atomic mass is 15.2. The number of pyridine rings is 3. The third-order valence-corrected chi connectivity index (χ3v) is 5.22. The van der Waals surface area contributed by atoms with Crippen LogP contribution in [0.1, 0.15) is 0 Å². The lowest BCUT2D eigenvalue weighted by atomic mass is 10.1. The van der Waals surface area contributed by atoms with Crippen LogP contribution >= 0.6 is 0 Å². The summed E-state index contributed by atoms with van der Waals surface area (Å²) in [6.07, 6.45) is 8.76. The number of nitrogens with one attached hydrogen (secondary N) is 2. The zero-order valence-corrected chi connectivity index (χ0v) is 16.2. The molecule has 5 heterocycles. The lowest BCUT2D eigenvalue weighted by molar-refractivity contribution is 1.09. The molecule has 0 saturated heterocycles. The zero-order valence-electron chi connectivity index (χ0n) is 16.2. The van der Waals surface area contributed by atoms with Gasteiger partial charge in [-0.15, -0.1) is 0 Å². The molecule has 6 aromatic rings. The van der Waals surface area contributed by atoms with E-state index in [9.17, 15) is 0 Å². The van der Waals surface area contributed by atoms with Crippen molar-refractivity contribution in [2.75, 3.05) is 5.73 Å².